The Labute approximate surface area is 159 Å². The number of hydrogen-bond acceptors (Lipinski definition) is 3. The van der Waals surface area contributed by atoms with E-state index in [-0.39, 0.29) is 27.7 Å². The smallest absolute Gasteiger partial charge is 0.404 e. The predicted molar refractivity (Wildman–Crippen MR) is 98.4 cm³/mol. The average Bonchev–Trinajstić information content (AvgIpc) is 2.62. The van der Waals surface area contributed by atoms with Gasteiger partial charge < -0.3 is 15.0 Å². The van der Waals surface area contributed by atoms with Crippen LogP contribution in [0.4, 0.5) is 33.3 Å². The lowest BCUT2D eigenvalue weighted by atomic mass is 10.1. The summed E-state index contributed by atoms with van der Waals surface area (Å²) in [6.45, 7) is 0. The Bertz CT molecular complexity index is 1300. The molecule has 0 radical (unpaired) electrons. The van der Waals surface area contributed by atoms with Crippen LogP contribution >= 0.6 is 0 Å². The van der Waals surface area contributed by atoms with Gasteiger partial charge in [0, 0.05) is 22.7 Å². The van der Waals surface area contributed by atoms with E-state index in [0.29, 0.717) is 11.6 Å². The molecule has 0 aliphatic rings. The molecule has 3 aromatic carbocycles. The third-order valence-electron chi connectivity index (χ3n) is 4.21. The molecule has 9 heteroatoms. The van der Waals surface area contributed by atoms with Crippen molar-refractivity contribution in [2.24, 2.45) is 0 Å². The van der Waals surface area contributed by atoms with Crippen LogP contribution in [-0.2, 0) is 0 Å². The van der Waals surface area contributed by atoms with Gasteiger partial charge in [0.25, 0.3) is 0 Å². The Hall–Kier alpha value is -3.62. The van der Waals surface area contributed by atoms with Gasteiger partial charge in [0.15, 0.2) is 11.2 Å². The summed E-state index contributed by atoms with van der Waals surface area (Å²) in [4.78, 5) is 15.5. The molecule has 0 aliphatic carbocycles. The van der Waals surface area contributed by atoms with Crippen LogP contribution in [0, 0.1) is 11.6 Å². The van der Waals surface area contributed by atoms with Crippen molar-refractivity contribution in [1.82, 2.24) is 4.98 Å². The quantitative estimate of drug-likeness (QED) is 0.344. The molecule has 2 N–H and O–H groups in total. The minimum absolute atomic E-state index is 0.00429. The minimum atomic E-state index is -4.87. The van der Waals surface area contributed by atoms with E-state index in [1.807, 2.05) is 0 Å². The van der Waals surface area contributed by atoms with E-state index in [1.54, 1.807) is 0 Å². The fourth-order valence-electron chi connectivity index (χ4n) is 3.04. The van der Waals surface area contributed by atoms with Gasteiger partial charge in [-0.2, -0.15) is 0 Å². The molecule has 4 aromatic rings. The molecule has 29 heavy (non-hydrogen) atoms. The third-order valence-corrected chi connectivity index (χ3v) is 4.21. The van der Waals surface area contributed by atoms with E-state index >= 15 is 0 Å². The summed E-state index contributed by atoms with van der Waals surface area (Å²) >= 11 is 0. The number of fused-ring (bicyclic) bond motifs is 2. The molecule has 0 amide bonds. The molecule has 148 valence electrons. The first-order valence-corrected chi connectivity index (χ1v) is 8.28. The first kappa shape index (κ1) is 18.7. The second-order valence-electron chi connectivity index (χ2n) is 6.19. The van der Waals surface area contributed by atoms with E-state index in [0.717, 1.165) is 12.1 Å². The SMILES string of the molecule is O=c1c2cc(Nc3ccccc3OC(F)(F)F)ccc2[nH]c2cc(F)cc(F)c12. The first-order chi connectivity index (χ1) is 13.7. The van der Waals surface area contributed by atoms with Gasteiger partial charge in [-0.15, -0.1) is 13.2 Å². The summed E-state index contributed by atoms with van der Waals surface area (Å²) in [7, 11) is 0. The number of alkyl halides is 3. The maximum Gasteiger partial charge on any atom is 0.573 e. The highest BCUT2D eigenvalue weighted by molar-refractivity contribution is 5.94. The van der Waals surface area contributed by atoms with Gasteiger partial charge in [0.2, 0.25) is 0 Å². The maximum absolute atomic E-state index is 14.1. The van der Waals surface area contributed by atoms with Crippen molar-refractivity contribution in [3.05, 3.63) is 76.5 Å². The van der Waals surface area contributed by atoms with Crippen molar-refractivity contribution < 1.29 is 26.7 Å². The normalized spacial score (nSPS) is 11.8. The zero-order valence-electron chi connectivity index (χ0n) is 14.4. The molecule has 1 heterocycles. The zero-order valence-corrected chi connectivity index (χ0v) is 14.4. The van der Waals surface area contributed by atoms with Crippen molar-refractivity contribution in [2.45, 2.75) is 6.36 Å². The highest BCUT2D eigenvalue weighted by atomic mass is 19.4. The highest BCUT2D eigenvalue weighted by Gasteiger charge is 2.32. The summed E-state index contributed by atoms with van der Waals surface area (Å²) in [6.07, 6.45) is -4.87. The fraction of sp³-hybridized carbons (Fsp3) is 0.0500. The molecule has 0 saturated carbocycles. The standard InChI is InChI=1S/C20H11F5N2O2/c21-10-7-13(22)18-16(8-10)27-14-6-5-11(9-12(14)19(18)28)26-15-3-1-2-4-17(15)29-20(23,24)25/h1-9,26H,(H,27,28). The number of aromatic nitrogens is 1. The van der Waals surface area contributed by atoms with E-state index in [4.69, 9.17) is 0 Å². The number of aromatic amines is 1. The number of anilines is 2. The molecule has 0 bridgehead atoms. The molecule has 4 nitrogen and oxygen atoms in total. The van der Waals surface area contributed by atoms with Crippen molar-refractivity contribution >= 4 is 33.2 Å². The Morgan fingerprint density at radius 2 is 1.69 bits per heavy atom. The highest BCUT2D eigenvalue weighted by Crippen LogP contribution is 2.32. The van der Waals surface area contributed by atoms with E-state index in [9.17, 15) is 26.7 Å². The number of nitrogens with one attached hydrogen (secondary N) is 2. The van der Waals surface area contributed by atoms with Gasteiger partial charge in [-0.05, 0) is 36.4 Å². The maximum atomic E-state index is 14.1. The number of H-pyrrole nitrogens is 1. The summed E-state index contributed by atoms with van der Waals surface area (Å²) in [5.41, 5.74) is -0.0463. The molecular formula is C20H11F5N2O2. The lowest BCUT2D eigenvalue weighted by Crippen LogP contribution is -2.17. The zero-order chi connectivity index (χ0) is 20.8. The molecule has 0 atom stereocenters. The molecule has 0 saturated heterocycles. The van der Waals surface area contributed by atoms with Crippen LogP contribution < -0.4 is 15.5 Å². The number of rotatable bonds is 3. The van der Waals surface area contributed by atoms with E-state index in [1.165, 1.54) is 36.4 Å². The number of halogens is 5. The van der Waals surface area contributed by atoms with Crippen LogP contribution in [0.5, 0.6) is 5.75 Å². The van der Waals surface area contributed by atoms with Crippen molar-refractivity contribution in [2.75, 3.05) is 5.32 Å². The minimum Gasteiger partial charge on any atom is -0.404 e. The molecule has 1 aromatic heterocycles. The third kappa shape index (κ3) is 3.71. The monoisotopic (exact) mass is 406 g/mol. The Morgan fingerprint density at radius 1 is 0.931 bits per heavy atom. The van der Waals surface area contributed by atoms with Crippen LogP contribution in [0.25, 0.3) is 21.8 Å². The molecular weight excluding hydrogens is 395 g/mol. The first-order valence-electron chi connectivity index (χ1n) is 8.28. The lowest BCUT2D eigenvalue weighted by molar-refractivity contribution is -0.274. The van der Waals surface area contributed by atoms with Crippen LogP contribution in [0.1, 0.15) is 0 Å². The summed E-state index contributed by atoms with van der Waals surface area (Å²) in [6, 6.07) is 11.4. The van der Waals surface area contributed by atoms with Crippen LogP contribution in [0.15, 0.2) is 59.4 Å². The Kier molecular flexibility index (Phi) is 4.37. The molecule has 0 spiro atoms. The van der Waals surface area contributed by atoms with E-state index < -0.39 is 29.2 Å². The van der Waals surface area contributed by atoms with Crippen molar-refractivity contribution in [3.63, 3.8) is 0 Å². The summed E-state index contributed by atoms with van der Waals surface area (Å²) in [5, 5.41) is 2.53. The van der Waals surface area contributed by atoms with Crippen LogP contribution in [-0.4, -0.2) is 11.3 Å². The van der Waals surface area contributed by atoms with Crippen molar-refractivity contribution in [1.29, 1.82) is 0 Å². The van der Waals surface area contributed by atoms with Crippen LogP contribution in [0.2, 0.25) is 0 Å². The second kappa shape index (κ2) is 6.77. The largest absolute Gasteiger partial charge is 0.573 e. The van der Waals surface area contributed by atoms with Crippen molar-refractivity contribution in [3.8, 4) is 5.75 Å². The molecule has 4 rings (SSSR count). The Balaban J connectivity index is 1.80. The second-order valence-corrected chi connectivity index (χ2v) is 6.19. The number of pyridine rings is 1. The number of para-hydroxylation sites is 2. The number of benzene rings is 3. The molecule has 0 aliphatic heterocycles. The topological polar surface area (TPSA) is 54.1 Å². The van der Waals surface area contributed by atoms with Gasteiger partial charge in [-0.25, -0.2) is 8.78 Å². The van der Waals surface area contributed by atoms with Gasteiger partial charge >= 0.3 is 6.36 Å². The van der Waals surface area contributed by atoms with Gasteiger partial charge in [0.1, 0.15) is 11.6 Å². The molecule has 0 fully saturated rings. The van der Waals surface area contributed by atoms with Gasteiger partial charge in [0.05, 0.1) is 16.6 Å². The Morgan fingerprint density at radius 3 is 2.45 bits per heavy atom. The van der Waals surface area contributed by atoms with Gasteiger partial charge in [-0.3, -0.25) is 4.79 Å². The van der Waals surface area contributed by atoms with Gasteiger partial charge in [-0.1, -0.05) is 12.1 Å². The fourth-order valence-corrected chi connectivity index (χ4v) is 3.04. The lowest BCUT2D eigenvalue weighted by Gasteiger charge is -2.15. The predicted octanol–water partition coefficient (Wildman–Crippen LogP) is 5.60. The summed E-state index contributed by atoms with van der Waals surface area (Å²) < 4.78 is 69.2. The van der Waals surface area contributed by atoms with Crippen LogP contribution in [0.3, 0.4) is 0 Å². The average molecular weight is 406 g/mol. The number of hydrogen-bond donors (Lipinski definition) is 2. The van der Waals surface area contributed by atoms with E-state index in [2.05, 4.69) is 15.0 Å². The number of ether oxygens (including phenoxy) is 1. The molecule has 0 unspecified atom stereocenters. The summed E-state index contributed by atoms with van der Waals surface area (Å²) in [5.74, 6) is -2.29.